The van der Waals surface area contributed by atoms with Crippen LogP contribution in [0.25, 0.3) is 6.08 Å². The van der Waals surface area contributed by atoms with Crippen molar-refractivity contribution in [2.24, 2.45) is 0 Å². The lowest BCUT2D eigenvalue weighted by Crippen LogP contribution is -2.51. The summed E-state index contributed by atoms with van der Waals surface area (Å²) < 4.78 is 35.8. The average Bonchev–Trinajstić information content (AvgIpc) is 3.25. The first kappa shape index (κ1) is 28.2. The number of ether oxygens (including phenoxy) is 1. The summed E-state index contributed by atoms with van der Waals surface area (Å²) in [7, 11) is -2.72. The van der Waals surface area contributed by atoms with E-state index in [0.717, 1.165) is 22.3 Å². The van der Waals surface area contributed by atoms with Gasteiger partial charge < -0.3 is 18.7 Å². The number of methoxy groups -OCH3 is 1. The standard InChI is InChI=1S/C29H27N3O7S2/c1-38-25-18-21(12-13-24(25)39-41(36,37)23-10-6-3-7-11-23)19-26-28(34)32(29(35)40-26)20-27(33)31-16-14-30(15-17-31)22-8-4-2-5-9-22/h2-13,18-19H,14-17,20H2,1H3/b26-19-. The second kappa shape index (κ2) is 12.1. The molecule has 5 rings (SSSR count). The molecule has 0 spiro atoms. The van der Waals surface area contributed by atoms with Gasteiger partial charge in [0.05, 0.1) is 12.0 Å². The molecule has 12 heteroatoms. The number of piperazine rings is 1. The van der Waals surface area contributed by atoms with Crippen molar-refractivity contribution < 1.29 is 31.7 Å². The highest BCUT2D eigenvalue weighted by Crippen LogP contribution is 2.35. The fourth-order valence-electron chi connectivity index (χ4n) is 4.47. The molecule has 41 heavy (non-hydrogen) atoms. The molecule has 212 valence electrons. The third-order valence-electron chi connectivity index (χ3n) is 6.64. The van der Waals surface area contributed by atoms with Gasteiger partial charge in [0.15, 0.2) is 11.5 Å². The Hall–Kier alpha value is -4.29. The predicted octanol–water partition coefficient (Wildman–Crippen LogP) is 3.85. The number of carbonyl (C=O) groups is 3. The van der Waals surface area contributed by atoms with E-state index in [0.29, 0.717) is 31.7 Å². The third-order valence-corrected chi connectivity index (χ3v) is 8.79. The lowest BCUT2D eigenvalue weighted by Gasteiger charge is -2.36. The van der Waals surface area contributed by atoms with Gasteiger partial charge in [0.2, 0.25) is 5.91 Å². The minimum absolute atomic E-state index is 0.00701. The van der Waals surface area contributed by atoms with Crippen LogP contribution < -0.4 is 13.8 Å². The Morgan fingerprint density at radius 3 is 2.22 bits per heavy atom. The summed E-state index contributed by atoms with van der Waals surface area (Å²) in [6, 6.07) is 22.1. The second-order valence-electron chi connectivity index (χ2n) is 9.23. The van der Waals surface area contributed by atoms with Gasteiger partial charge in [0.25, 0.3) is 11.1 Å². The summed E-state index contributed by atoms with van der Waals surface area (Å²) in [5.41, 5.74) is 1.57. The molecule has 2 fully saturated rings. The maximum Gasteiger partial charge on any atom is 0.339 e. The molecule has 3 aromatic rings. The zero-order chi connectivity index (χ0) is 29.0. The highest BCUT2D eigenvalue weighted by atomic mass is 32.2. The van der Waals surface area contributed by atoms with Gasteiger partial charge in [-0.15, -0.1) is 0 Å². The van der Waals surface area contributed by atoms with Gasteiger partial charge in [-0.2, -0.15) is 8.42 Å². The Labute approximate surface area is 242 Å². The minimum atomic E-state index is -4.09. The van der Waals surface area contributed by atoms with Crippen LogP contribution in [-0.4, -0.2) is 75.1 Å². The van der Waals surface area contributed by atoms with Crippen molar-refractivity contribution in [2.45, 2.75) is 4.90 Å². The lowest BCUT2D eigenvalue weighted by molar-refractivity contribution is -0.136. The number of hydrogen-bond acceptors (Lipinski definition) is 9. The molecule has 0 saturated carbocycles. The van der Waals surface area contributed by atoms with Crippen molar-refractivity contribution in [3.05, 3.63) is 89.3 Å². The number of thioether (sulfide) groups is 1. The summed E-state index contributed by atoms with van der Waals surface area (Å²) in [5.74, 6) is -0.756. The number of imide groups is 1. The van der Waals surface area contributed by atoms with Crippen molar-refractivity contribution in [3.8, 4) is 11.5 Å². The molecule has 0 N–H and O–H groups in total. The molecule has 3 aromatic carbocycles. The fourth-order valence-corrected chi connectivity index (χ4v) is 6.27. The van der Waals surface area contributed by atoms with E-state index in [9.17, 15) is 22.8 Å². The van der Waals surface area contributed by atoms with E-state index in [1.165, 1.54) is 37.5 Å². The molecule has 3 amide bonds. The number of hydrogen-bond donors (Lipinski definition) is 0. The Kier molecular flexibility index (Phi) is 8.31. The van der Waals surface area contributed by atoms with E-state index in [1.54, 1.807) is 29.2 Å². The fraction of sp³-hybridized carbons (Fsp3) is 0.207. The van der Waals surface area contributed by atoms with Crippen LogP contribution in [0.2, 0.25) is 0 Å². The number of anilines is 1. The van der Waals surface area contributed by atoms with Crippen LogP contribution in [0.15, 0.2) is 88.7 Å². The molecule has 2 saturated heterocycles. The van der Waals surface area contributed by atoms with Gasteiger partial charge in [-0.3, -0.25) is 19.3 Å². The normalized spacial score (nSPS) is 16.8. The maximum absolute atomic E-state index is 13.0. The molecule has 0 unspecified atom stereocenters. The number of carbonyl (C=O) groups excluding carboxylic acids is 3. The van der Waals surface area contributed by atoms with Crippen molar-refractivity contribution >= 4 is 50.7 Å². The molecular formula is C29H27N3O7S2. The first-order valence-corrected chi connectivity index (χ1v) is 15.0. The van der Waals surface area contributed by atoms with Crippen molar-refractivity contribution in [3.63, 3.8) is 0 Å². The third kappa shape index (κ3) is 6.39. The topological polar surface area (TPSA) is 114 Å². The van der Waals surface area contributed by atoms with Crippen LogP contribution in [0, 0.1) is 0 Å². The first-order chi connectivity index (χ1) is 19.7. The minimum Gasteiger partial charge on any atom is -0.493 e. The Balaban J connectivity index is 1.23. The lowest BCUT2D eigenvalue weighted by atomic mass is 10.2. The summed E-state index contributed by atoms with van der Waals surface area (Å²) >= 11 is 0.740. The van der Waals surface area contributed by atoms with Gasteiger partial charge in [-0.25, -0.2) is 0 Å². The van der Waals surface area contributed by atoms with Gasteiger partial charge in [0, 0.05) is 31.9 Å². The molecule has 2 heterocycles. The molecular weight excluding hydrogens is 566 g/mol. The molecule has 2 aliphatic rings. The largest absolute Gasteiger partial charge is 0.493 e. The molecule has 0 aromatic heterocycles. The first-order valence-electron chi connectivity index (χ1n) is 12.8. The summed E-state index contributed by atoms with van der Waals surface area (Å²) in [5, 5.41) is -0.529. The van der Waals surface area contributed by atoms with E-state index in [2.05, 4.69) is 4.90 Å². The van der Waals surface area contributed by atoms with E-state index in [1.807, 2.05) is 30.3 Å². The SMILES string of the molecule is COc1cc(/C=C2\SC(=O)N(CC(=O)N3CCN(c4ccccc4)CC3)C2=O)ccc1OS(=O)(=O)c1ccccc1. The maximum atomic E-state index is 13.0. The number of benzene rings is 3. The van der Waals surface area contributed by atoms with Crippen molar-refractivity contribution in [1.29, 1.82) is 0 Å². The Morgan fingerprint density at radius 2 is 1.56 bits per heavy atom. The zero-order valence-electron chi connectivity index (χ0n) is 22.1. The van der Waals surface area contributed by atoms with Crippen LogP contribution >= 0.6 is 11.8 Å². The quantitative estimate of drug-likeness (QED) is 0.284. The number of nitrogens with zero attached hydrogens (tertiary/aromatic N) is 3. The number of para-hydroxylation sites is 1. The molecule has 0 radical (unpaired) electrons. The zero-order valence-corrected chi connectivity index (χ0v) is 23.8. The average molecular weight is 594 g/mol. The monoisotopic (exact) mass is 593 g/mol. The van der Waals surface area contributed by atoms with Gasteiger partial charge in [-0.05, 0) is 59.8 Å². The van der Waals surface area contributed by atoms with Gasteiger partial charge in [0.1, 0.15) is 11.4 Å². The van der Waals surface area contributed by atoms with Crippen LogP contribution in [0.1, 0.15) is 5.56 Å². The second-order valence-corrected chi connectivity index (χ2v) is 11.8. The number of rotatable bonds is 8. The molecule has 0 aliphatic carbocycles. The highest BCUT2D eigenvalue weighted by molar-refractivity contribution is 8.18. The highest BCUT2D eigenvalue weighted by Gasteiger charge is 2.37. The van der Waals surface area contributed by atoms with Crippen molar-refractivity contribution in [1.82, 2.24) is 9.80 Å². The van der Waals surface area contributed by atoms with Crippen LogP contribution in [0.4, 0.5) is 10.5 Å². The van der Waals surface area contributed by atoms with E-state index < -0.39 is 21.3 Å². The van der Waals surface area contributed by atoms with Crippen LogP contribution in [-0.2, 0) is 19.7 Å². The van der Waals surface area contributed by atoms with Gasteiger partial charge in [-0.1, -0.05) is 42.5 Å². The molecule has 0 atom stereocenters. The molecule has 2 aliphatic heterocycles. The van der Waals surface area contributed by atoms with E-state index in [-0.39, 0.29) is 33.8 Å². The summed E-state index contributed by atoms with van der Waals surface area (Å²) in [6.07, 6.45) is 1.49. The van der Waals surface area contributed by atoms with Crippen LogP contribution in [0.5, 0.6) is 11.5 Å². The number of amides is 3. The summed E-state index contributed by atoms with van der Waals surface area (Å²) in [6.45, 7) is 1.97. The van der Waals surface area contributed by atoms with Crippen LogP contribution in [0.3, 0.4) is 0 Å². The predicted molar refractivity (Wildman–Crippen MR) is 155 cm³/mol. The van der Waals surface area contributed by atoms with E-state index >= 15 is 0 Å². The Bertz CT molecular complexity index is 1590. The van der Waals surface area contributed by atoms with E-state index in [4.69, 9.17) is 8.92 Å². The summed E-state index contributed by atoms with van der Waals surface area (Å²) in [4.78, 5) is 43.6. The smallest absolute Gasteiger partial charge is 0.339 e. The Morgan fingerprint density at radius 1 is 0.902 bits per heavy atom. The van der Waals surface area contributed by atoms with Gasteiger partial charge >= 0.3 is 10.1 Å². The molecule has 0 bridgehead atoms. The molecule has 10 nitrogen and oxygen atoms in total. The van der Waals surface area contributed by atoms with Crippen molar-refractivity contribution in [2.75, 3.05) is 44.7 Å².